The summed E-state index contributed by atoms with van der Waals surface area (Å²) in [5.74, 6) is -2.91. The van der Waals surface area contributed by atoms with Gasteiger partial charge in [-0.25, -0.2) is 0 Å². The minimum absolute atomic E-state index is 0.0308. The quantitative estimate of drug-likeness (QED) is 0.305. The fraction of sp³-hybridized carbons (Fsp3) is 0.217. The zero-order chi connectivity index (χ0) is 27.3. The molecule has 1 atom stereocenters. The first-order valence-electron chi connectivity index (χ1n) is 10.6. The number of primary amides is 1. The van der Waals surface area contributed by atoms with Crippen molar-refractivity contribution < 1.29 is 37.4 Å². The number of rotatable bonds is 9. The number of aromatic nitrogens is 1. The maximum absolute atomic E-state index is 13.8. The number of phenols is 1. The van der Waals surface area contributed by atoms with Crippen LogP contribution in [-0.2, 0) is 15.7 Å². The maximum Gasteiger partial charge on any atom is 0.416 e. The lowest BCUT2D eigenvalue weighted by Gasteiger charge is -2.31. The number of aromatic hydroxyl groups is 1. The molecule has 0 bridgehead atoms. The van der Waals surface area contributed by atoms with Gasteiger partial charge in [0.15, 0.2) is 5.69 Å². The van der Waals surface area contributed by atoms with E-state index in [0.29, 0.717) is 17.6 Å². The van der Waals surface area contributed by atoms with Gasteiger partial charge in [-0.1, -0.05) is 18.2 Å². The molecule has 2 aromatic carbocycles. The molecule has 0 fully saturated rings. The third-order valence-electron chi connectivity index (χ3n) is 5.15. The van der Waals surface area contributed by atoms with Crippen LogP contribution in [0, 0.1) is 0 Å². The van der Waals surface area contributed by atoms with E-state index in [0.717, 1.165) is 17.0 Å². The lowest BCUT2D eigenvalue weighted by molar-refractivity contribution is -0.137. The van der Waals surface area contributed by atoms with Crippen molar-refractivity contribution in [1.82, 2.24) is 9.69 Å². The van der Waals surface area contributed by atoms with E-state index in [9.17, 15) is 32.7 Å². The van der Waals surface area contributed by atoms with Crippen molar-refractivity contribution in [3.8, 4) is 5.75 Å². The van der Waals surface area contributed by atoms with Gasteiger partial charge < -0.3 is 26.6 Å². The number of carbonyl (C=O) groups is 3. The Morgan fingerprint density at radius 1 is 1.19 bits per heavy atom. The topological polar surface area (TPSA) is 161 Å². The smallest absolute Gasteiger partial charge is 0.416 e. The van der Waals surface area contributed by atoms with E-state index in [2.05, 4.69) is 9.69 Å². The van der Waals surface area contributed by atoms with E-state index in [1.807, 2.05) is 0 Å². The van der Waals surface area contributed by atoms with E-state index in [1.165, 1.54) is 37.4 Å². The summed E-state index contributed by atoms with van der Waals surface area (Å²) in [7, 11) is 1.41. The Bertz CT molecular complexity index is 1300. The van der Waals surface area contributed by atoms with Crippen LogP contribution in [0.4, 0.5) is 24.5 Å². The molecule has 14 heteroatoms. The number of methoxy groups -OCH3 is 1. The van der Waals surface area contributed by atoms with E-state index in [4.69, 9.17) is 16.2 Å². The molecule has 3 aromatic rings. The fourth-order valence-electron chi connectivity index (χ4n) is 3.40. The molecule has 0 saturated heterocycles. The Balaban J connectivity index is 2.24. The highest BCUT2D eigenvalue weighted by molar-refractivity contribution is 7.09. The summed E-state index contributed by atoms with van der Waals surface area (Å²) in [6, 6.07) is 7.50. The predicted molar refractivity (Wildman–Crippen MR) is 129 cm³/mol. The SMILES string of the molecule is COCCNC(=O)[C@@H](c1ccc(O)cc1)N(C(=O)c1snc(C(N)=O)c1N)c1cccc(C(F)(F)F)c1. The zero-order valence-electron chi connectivity index (χ0n) is 19.3. The Kier molecular flexibility index (Phi) is 8.35. The number of nitrogens with one attached hydrogen (secondary N) is 1. The minimum Gasteiger partial charge on any atom is -0.508 e. The minimum atomic E-state index is -4.75. The van der Waals surface area contributed by atoms with Crippen LogP contribution in [0.3, 0.4) is 0 Å². The molecule has 1 aromatic heterocycles. The standard InChI is InChI=1S/C23H22F3N5O5S/c1-36-10-9-29-21(34)18(12-5-7-15(32)8-6-12)31(14-4-2-3-13(11-14)23(24,25)26)22(35)19-16(27)17(20(28)33)30-37-19/h2-8,11,18,32H,9-10,27H2,1H3,(H2,28,33)(H,29,34)/t18-/m1/s1. The number of amides is 3. The molecule has 1 heterocycles. The molecule has 0 spiro atoms. The van der Waals surface area contributed by atoms with Crippen LogP contribution in [0.25, 0.3) is 0 Å². The van der Waals surface area contributed by atoms with E-state index in [-0.39, 0.29) is 46.4 Å². The molecule has 0 unspecified atom stereocenters. The third-order valence-corrected chi connectivity index (χ3v) is 6.00. The monoisotopic (exact) mass is 537 g/mol. The summed E-state index contributed by atoms with van der Waals surface area (Å²) < 4.78 is 49.3. The van der Waals surface area contributed by atoms with Crippen molar-refractivity contribution in [2.45, 2.75) is 12.2 Å². The average Bonchev–Trinajstić information content (AvgIpc) is 3.24. The lowest BCUT2D eigenvalue weighted by atomic mass is 10.0. The van der Waals surface area contributed by atoms with Crippen molar-refractivity contribution in [3.05, 3.63) is 70.2 Å². The van der Waals surface area contributed by atoms with Crippen LogP contribution in [0.5, 0.6) is 5.75 Å². The highest BCUT2D eigenvalue weighted by Gasteiger charge is 2.38. The van der Waals surface area contributed by atoms with Crippen molar-refractivity contribution in [2.75, 3.05) is 30.9 Å². The van der Waals surface area contributed by atoms with Crippen LogP contribution in [0.1, 0.15) is 37.3 Å². The number of halogens is 3. The zero-order valence-corrected chi connectivity index (χ0v) is 20.1. The van der Waals surface area contributed by atoms with Crippen molar-refractivity contribution in [3.63, 3.8) is 0 Å². The van der Waals surface area contributed by atoms with Gasteiger partial charge in [0.05, 0.1) is 17.9 Å². The molecule has 0 aliphatic rings. The van der Waals surface area contributed by atoms with Crippen molar-refractivity contribution in [2.24, 2.45) is 5.73 Å². The number of hydrogen-bond acceptors (Lipinski definition) is 8. The Morgan fingerprint density at radius 2 is 1.86 bits per heavy atom. The van der Waals surface area contributed by atoms with Crippen LogP contribution in [0.2, 0.25) is 0 Å². The first-order chi connectivity index (χ1) is 17.5. The highest BCUT2D eigenvalue weighted by atomic mass is 32.1. The van der Waals surface area contributed by atoms with Crippen LogP contribution in [-0.4, -0.2) is 47.5 Å². The number of alkyl halides is 3. The summed E-state index contributed by atoms with van der Waals surface area (Å²) >= 11 is 0.513. The molecular formula is C23H22F3N5O5S. The molecule has 6 N–H and O–H groups in total. The Hall–Kier alpha value is -4.17. The van der Waals surface area contributed by atoms with Gasteiger partial charge in [0.1, 0.15) is 16.7 Å². The Morgan fingerprint density at radius 3 is 2.43 bits per heavy atom. The molecule has 37 heavy (non-hydrogen) atoms. The normalized spacial score (nSPS) is 12.1. The van der Waals surface area contributed by atoms with Crippen molar-refractivity contribution in [1.29, 1.82) is 0 Å². The predicted octanol–water partition coefficient (Wildman–Crippen LogP) is 2.70. The molecule has 3 rings (SSSR count). The number of carbonyl (C=O) groups excluding carboxylic acids is 3. The van der Waals surface area contributed by atoms with Gasteiger partial charge in [0.2, 0.25) is 5.91 Å². The van der Waals surface area contributed by atoms with E-state index in [1.54, 1.807) is 0 Å². The van der Waals surface area contributed by atoms with Crippen LogP contribution >= 0.6 is 11.5 Å². The van der Waals surface area contributed by atoms with Gasteiger partial charge in [0, 0.05) is 19.3 Å². The number of hydrogen-bond donors (Lipinski definition) is 4. The molecule has 196 valence electrons. The number of nitrogen functional groups attached to an aromatic ring is 1. The first-order valence-corrected chi connectivity index (χ1v) is 11.3. The summed E-state index contributed by atoms with van der Waals surface area (Å²) in [6.45, 7) is 0.151. The number of phenolic OH excluding ortho intramolecular Hbond substituents is 1. The maximum atomic E-state index is 13.8. The molecule has 0 radical (unpaired) electrons. The number of benzene rings is 2. The highest BCUT2D eigenvalue weighted by Crippen LogP contribution is 2.37. The summed E-state index contributed by atoms with van der Waals surface area (Å²) in [5, 5.41) is 12.3. The number of nitrogens with two attached hydrogens (primary N) is 2. The molecule has 0 saturated carbocycles. The molecule has 10 nitrogen and oxygen atoms in total. The third kappa shape index (κ3) is 6.16. The van der Waals surface area contributed by atoms with Gasteiger partial charge in [0.25, 0.3) is 11.8 Å². The lowest BCUT2D eigenvalue weighted by Crippen LogP contribution is -2.44. The second kappa shape index (κ2) is 11.3. The van der Waals surface area contributed by atoms with Crippen molar-refractivity contribution >= 4 is 40.6 Å². The van der Waals surface area contributed by atoms with Crippen LogP contribution < -0.4 is 21.7 Å². The van der Waals surface area contributed by atoms with E-state index >= 15 is 0 Å². The van der Waals surface area contributed by atoms with Gasteiger partial charge in [-0.2, -0.15) is 17.5 Å². The number of anilines is 2. The first kappa shape index (κ1) is 27.4. The van der Waals surface area contributed by atoms with Gasteiger partial charge in [-0.15, -0.1) is 0 Å². The number of nitrogens with zero attached hydrogens (tertiary/aromatic N) is 2. The summed E-state index contributed by atoms with van der Waals surface area (Å²) in [5.41, 5.74) is 9.22. The Labute approximate surface area is 212 Å². The fourth-order valence-corrected chi connectivity index (χ4v) is 4.14. The van der Waals surface area contributed by atoms with E-state index < -0.39 is 35.5 Å². The number of ether oxygens (including phenoxy) is 1. The largest absolute Gasteiger partial charge is 0.508 e. The molecule has 3 amide bonds. The summed E-state index contributed by atoms with van der Waals surface area (Å²) in [4.78, 5) is 39.3. The molecular weight excluding hydrogens is 515 g/mol. The molecule has 0 aliphatic heterocycles. The summed E-state index contributed by atoms with van der Waals surface area (Å²) in [6.07, 6.45) is -4.75. The second-order valence-corrected chi connectivity index (χ2v) is 8.41. The van der Waals surface area contributed by atoms with Gasteiger partial charge in [-0.3, -0.25) is 19.3 Å². The van der Waals surface area contributed by atoms with Crippen LogP contribution in [0.15, 0.2) is 48.5 Å². The molecule has 0 aliphatic carbocycles. The second-order valence-electron chi connectivity index (χ2n) is 7.64. The van der Waals surface area contributed by atoms with Gasteiger partial charge >= 0.3 is 6.18 Å². The average molecular weight is 538 g/mol. The van der Waals surface area contributed by atoms with Gasteiger partial charge in [-0.05, 0) is 47.4 Å².